The van der Waals surface area contributed by atoms with Gasteiger partial charge in [0, 0.05) is 11.3 Å². The second kappa shape index (κ2) is 5.20. The monoisotopic (exact) mass is 279 g/mol. The Balaban J connectivity index is 2.28. The first kappa shape index (κ1) is 12.5. The van der Waals surface area contributed by atoms with Crippen molar-refractivity contribution >= 4 is 11.6 Å². The van der Waals surface area contributed by atoms with Crippen molar-refractivity contribution in [3.63, 3.8) is 0 Å². The Hall–Kier alpha value is -2.57. The molecule has 0 aliphatic rings. The molecule has 0 atom stereocenters. The molecule has 4 heteroatoms. The zero-order valence-corrected chi connectivity index (χ0v) is 11.2. The Kier molecular flexibility index (Phi) is 3.24. The average Bonchev–Trinajstić information content (AvgIpc) is 2.86. The average molecular weight is 280 g/mol. The Morgan fingerprint density at radius 2 is 1.55 bits per heavy atom. The van der Waals surface area contributed by atoms with E-state index < -0.39 is 0 Å². The number of halogens is 1. The van der Waals surface area contributed by atoms with Gasteiger partial charge in [-0.3, -0.25) is 4.57 Å². The van der Waals surface area contributed by atoms with Crippen LogP contribution in [0.15, 0.2) is 60.7 Å². The summed E-state index contributed by atoms with van der Waals surface area (Å²) in [7, 11) is 0. The van der Waals surface area contributed by atoms with Gasteiger partial charge in [0.2, 0.25) is 0 Å². The summed E-state index contributed by atoms with van der Waals surface area (Å²) in [6, 6.07) is 21.4. The van der Waals surface area contributed by atoms with E-state index in [-0.39, 0.29) is 5.69 Å². The molecule has 3 aromatic rings. The van der Waals surface area contributed by atoms with E-state index in [1.807, 2.05) is 66.7 Å². The number of benzene rings is 2. The SMILES string of the molecule is N#Cc1nc(-c2ccccc2)n(-c2ccccc2)c1Cl. The number of hydrogen-bond acceptors (Lipinski definition) is 2. The van der Waals surface area contributed by atoms with Gasteiger partial charge < -0.3 is 0 Å². The minimum atomic E-state index is 0.231. The van der Waals surface area contributed by atoms with E-state index in [0.717, 1.165) is 11.3 Å². The highest BCUT2D eigenvalue weighted by molar-refractivity contribution is 6.31. The molecular weight excluding hydrogens is 270 g/mol. The number of nitrogens with zero attached hydrogens (tertiary/aromatic N) is 3. The highest BCUT2D eigenvalue weighted by Gasteiger charge is 2.17. The van der Waals surface area contributed by atoms with Crippen LogP contribution in [-0.2, 0) is 0 Å². The molecule has 3 rings (SSSR count). The van der Waals surface area contributed by atoms with Gasteiger partial charge in [-0.2, -0.15) is 5.26 Å². The molecule has 0 aliphatic carbocycles. The maximum absolute atomic E-state index is 9.14. The van der Waals surface area contributed by atoms with Crippen LogP contribution in [0.2, 0.25) is 5.15 Å². The minimum absolute atomic E-state index is 0.231. The molecule has 0 aliphatic heterocycles. The molecule has 2 aromatic carbocycles. The third kappa shape index (κ3) is 2.07. The lowest BCUT2D eigenvalue weighted by Crippen LogP contribution is -1.97. The number of nitriles is 1. The van der Waals surface area contributed by atoms with Gasteiger partial charge in [0.15, 0.2) is 10.8 Å². The van der Waals surface area contributed by atoms with Crippen LogP contribution in [0.4, 0.5) is 0 Å². The first-order valence-electron chi connectivity index (χ1n) is 6.10. The Labute approximate surface area is 121 Å². The van der Waals surface area contributed by atoms with Crippen LogP contribution in [0.1, 0.15) is 5.69 Å². The predicted octanol–water partition coefficient (Wildman–Crippen LogP) is 4.06. The summed E-state index contributed by atoms with van der Waals surface area (Å²) in [6.07, 6.45) is 0. The molecule has 0 radical (unpaired) electrons. The van der Waals surface area contributed by atoms with Crippen LogP contribution in [-0.4, -0.2) is 9.55 Å². The summed E-state index contributed by atoms with van der Waals surface area (Å²) in [5.74, 6) is 0.665. The van der Waals surface area contributed by atoms with Crippen LogP contribution >= 0.6 is 11.6 Å². The van der Waals surface area contributed by atoms with Gasteiger partial charge in [-0.1, -0.05) is 60.1 Å². The Morgan fingerprint density at radius 3 is 2.15 bits per heavy atom. The van der Waals surface area contributed by atoms with Gasteiger partial charge in [-0.15, -0.1) is 0 Å². The van der Waals surface area contributed by atoms with E-state index in [2.05, 4.69) is 4.98 Å². The number of rotatable bonds is 2. The Bertz CT molecular complexity index is 771. The molecule has 20 heavy (non-hydrogen) atoms. The van der Waals surface area contributed by atoms with Gasteiger partial charge in [0.05, 0.1) is 0 Å². The maximum atomic E-state index is 9.14. The molecule has 0 amide bonds. The molecule has 96 valence electrons. The minimum Gasteiger partial charge on any atom is -0.282 e. The molecule has 0 N–H and O–H groups in total. The first-order valence-corrected chi connectivity index (χ1v) is 6.48. The fourth-order valence-electron chi connectivity index (χ4n) is 2.07. The molecular formula is C16H10ClN3. The summed E-state index contributed by atoms with van der Waals surface area (Å²) in [5.41, 5.74) is 2.03. The molecule has 0 saturated carbocycles. The fraction of sp³-hybridized carbons (Fsp3) is 0. The smallest absolute Gasteiger partial charge is 0.178 e. The van der Waals surface area contributed by atoms with Crippen molar-refractivity contribution < 1.29 is 0 Å². The van der Waals surface area contributed by atoms with E-state index in [0.29, 0.717) is 11.0 Å². The zero-order valence-electron chi connectivity index (χ0n) is 10.5. The molecule has 0 bridgehead atoms. The van der Waals surface area contributed by atoms with Crippen molar-refractivity contribution in [2.75, 3.05) is 0 Å². The highest BCUT2D eigenvalue weighted by atomic mass is 35.5. The molecule has 1 heterocycles. The van der Waals surface area contributed by atoms with Gasteiger partial charge in [0.25, 0.3) is 0 Å². The summed E-state index contributed by atoms with van der Waals surface area (Å²) in [5, 5.41) is 9.47. The van der Waals surface area contributed by atoms with Crippen LogP contribution in [0.5, 0.6) is 0 Å². The Morgan fingerprint density at radius 1 is 0.950 bits per heavy atom. The van der Waals surface area contributed by atoms with E-state index in [4.69, 9.17) is 16.9 Å². The summed E-state index contributed by atoms with van der Waals surface area (Å²) in [6.45, 7) is 0. The molecule has 0 fully saturated rings. The molecule has 3 nitrogen and oxygen atoms in total. The standard InChI is InChI=1S/C16H10ClN3/c17-15-14(11-18)19-16(12-7-3-1-4-8-12)20(15)13-9-5-2-6-10-13/h1-10H. The van der Waals surface area contributed by atoms with Crippen molar-refractivity contribution in [3.8, 4) is 23.1 Å². The normalized spacial score (nSPS) is 10.2. The summed E-state index contributed by atoms with van der Waals surface area (Å²) < 4.78 is 1.79. The first-order chi connectivity index (χ1) is 9.81. The maximum Gasteiger partial charge on any atom is 0.178 e. The number of aromatic nitrogens is 2. The van der Waals surface area contributed by atoms with Crippen LogP contribution < -0.4 is 0 Å². The van der Waals surface area contributed by atoms with Crippen molar-refractivity contribution in [2.24, 2.45) is 0 Å². The van der Waals surface area contributed by atoms with Crippen molar-refractivity contribution in [2.45, 2.75) is 0 Å². The summed E-state index contributed by atoms with van der Waals surface area (Å²) >= 11 is 6.29. The number of para-hydroxylation sites is 1. The van der Waals surface area contributed by atoms with E-state index in [9.17, 15) is 0 Å². The summed E-state index contributed by atoms with van der Waals surface area (Å²) in [4.78, 5) is 4.34. The molecule has 1 aromatic heterocycles. The molecule has 0 unspecified atom stereocenters. The number of hydrogen-bond donors (Lipinski definition) is 0. The third-order valence-electron chi connectivity index (χ3n) is 2.97. The lowest BCUT2D eigenvalue weighted by atomic mass is 10.2. The third-order valence-corrected chi connectivity index (χ3v) is 3.32. The fourth-order valence-corrected chi connectivity index (χ4v) is 2.33. The zero-order chi connectivity index (χ0) is 13.9. The van der Waals surface area contributed by atoms with E-state index in [1.165, 1.54) is 0 Å². The van der Waals surface area contributed by atoms with Gasteiger partial charge >= 0.3 is 0 Å². The molecule has 0 saturated heterocycles. The van der Waals surface area contributed by atoms with Crippen molar-refractivity contribution in [1.82, 2.24) is 9.55 Å². The van der Waals surface area contributed by atoms with E-state index in [1.54, 1.807) is 4.57 Å². The van der Waals surface area contributed by atoms with E-state index >= 15 is 0 Å². The lowest BCUT2D eigenvalue weighted by molar-refractivity contribution is 1.07. The van der Waals surface area contributed by atoms with Crippen molar-refractivity contribution in [3.05, 3.63) is 71.5 Å². The van der Waals surface area contributed by atoms with Crippen LogP contribution in [0, 0.1) is 11.3 Å². The van der Waals surface area contributed by atoms with Gasteiger partial charge in [-0.05, 0) is 12.1 Å². The second-order valence-electron chi connectivity index (χ2n) is 4.22. The second-order valence-corrected chi connectivity index (χ2v) is 4.58. The highest BCUT2D eigenvalue weighted by Crippen LogP contribution is 2.29. The van der Waals surface area contributed by atoms with Crippen LogP contribution in [0.3, 0.4) is 0 Å². The van der Waals surface area contributed by atoms with Crippen molar-refractivity contribution in [1.29, 1.82) is 5.26 Å². The van der Waals surface area contributed by atoms with Gasteiger partial charge in [0.1, 0.15) is 11.9 Å². The topological polar surface area (TPSA) is 41.6 Å². The quantitative estimate of drug-likeness (QED) is 0.710. The van der Waals surface area contributed by atoms with Crippen LogP contribution in [0.25, 0.3) is 17.1 Å². The predicted molar refractivity (Wildman–Crippen MR) is 78.7 cm³/mol. The van der Waals surface area contributed by atoms with Gasteiger partial charge in [-0.25, -0.2) is 4.98 Å². The lowest BCUT2D eigenvalue weighted by Gasteiger charge is -2.08. The largest absolute Gasteiger partial charge is 0.282 e. The molecule has 0 spiro atoms. The number of imidazole rings is 1.